The van der Waals surface area contributed by atoms with E-state index in [0.717, 1.165) is 31.0 Å². The molecule has 0 bridgehead atoms. The molecule has 2 aromatic rings. The van der Waals surface area contributed by atoms with E-state index in [0.29, 0.717) is 6.04 Å². The van der Waals surface area contributed by atoms with E-state index in [1.54, 1.807) is 0 Å². The van der Waals surface area contributed by atoms with Crippen molar-refractivity contribution in [2.45, 2.75) is 45.8 Å². The summed E-state index contributed by atoms with van der Waals surface area (Å²) in [6.45, 7) is 6.37. The Labute approximate surface area is 126 Å². The Bertz CT molecular complexity index is 533. The van der Waals surface area contributed by atoms with Crippen molar-refractivity contribution in [2.24, 2.45) is 0 Å². The predicted octanol–water partition coefficient (Wildman–Crippen LogP) is 4.79. The molecule has 1 unspecified atom stereocenters. The number of hydrogen-bond donors (Lipinski definition) is 1. The summed E-state index contributed by atoms with van der Waals surface area (Å²) in [5, 5.41) is 4.44. The Kier molecular flexibility index (Phi) is 5.69. The van der Waals surface area contributed by atoms with Crippen molar-refractivity contribution < 1.29 is 0 Å². The van der Waals surface area contributed by atoms with Crippen LogP contribution in [0.2, 0.25) is 5.02 Å². The largest absolute Gasteiger partial charge is 0.350 e. The molecule has 1 heterocycles. The van der Waals surface area contributed by atoms with Gasteiger partial charge in [0.25, 0.3) is 0 Å². The Hall–Kier alpha value is -1.25. The molecule has 2 nitrogen and oxygen atoms in total. The molecule has 0 aliphatic rings. The topological polar surface area (TPSA) is 17.0 Å². The van der Waals surface area contributed by atoms with Crippen LogP contribution in [0.25, 0.3) is 0 Å². The van der Waals surface area contributed by atoms with Crippen molar-refractivity contribution in [1.82, 2.24) is 9.88 Å². The number of aryl methyl sites for hydroxylation is 1. The average Bonchev–Trinajstić information content (AvgIpc) is 2.88. The molecular formula is C17H23ClN2. The number of halogens is 1. The highest BCUT2D eigenvalue weighted by Crippen LogP contribution is 2.20. The van der Waals surface area contributed by atoms with E-state index in [2.05, 4.69) is 48.1 Å². The molecule has 0 fully saturated rings. The van der Waals surface area contributed by atoms with E-state index < -0.39 is 0 Å². The normalized spacial score (nSPS) is 12.6. The van der Waals surface area contributed by atoms with Gasteiger partial charge in [-0.05, 0) is 42.7 Å². The Morgan fingerprint density at radius 2 is 2.05 bits per heavy atom. The summed E-state index contributed by atoms with van der Waals surface area (Å²) < 4.78 is 2.32. The fourth-order valence-electron chi connectivity index (χ4n) is 2.52. The minimum atomic E-state index is 0.346. The molecule has 3 heteroatoms. The second-order valence-corrected chi connectivity index (χ2v) is 5.53. The molecule has 1 N–H and O–H groups in total. The van der Waals surface area contributed by atoms with Gasteiger partial charge in [0.1, 0.15) is 0 Å². The third-order valence-corrected chi connectivity index (χ3v) is 3.81. The second-order valence-electron chi connectivity index (χ2n) is 5.09. The molecule has 0 amide bonds. The fraction of sp³-hybridized carbons (Fsp3) is 0.412. The summed E-state index contributed by atoms with van der Waals surface area (Å²) >= 11 is 6.08. The van der Waals surface area contributed by atoms with Crippen LogP contribution in [0.1, 0.15) is 44.0 Å². The first-order valence-corrected chi connectivity index (χ1v) is 7.75. The standard InChI is InChI=1S/C17H23ClN2/c1-3-10-20-11-6-9-16(20)13-19-17(4-2)14-7-5-8-15(18)12-14/h5-9,11-12,17,19H,3-4,10,13H2,1-2H3. The van der Waals surface area contributed by atoms with Crippen molar-refractivity contribution in [1.29, 1.82) is 0 Å². The highest BCUT2D eigenvalue weighted by molar-refractivity contribution is 6.30. The van der Waals surface area contributed by atoms with Crippen LogP contribution in [0.4, 0.5) is 0 Å². The number of benzene rings is 1. The van der Waals surface area contributed by atoms with Gasteiger partial charge in [-0.1, -0.05) is 37.6 Å². The minimum absolute atomic E-state index is 0.346. The molecule has 1 atom stereocenters. The molecule has 0 aliphatic heterocycles. The summed E-state index contributed by atoms with van der Waals surface area (Å²) in [6.07, 6.45) is 4.36. The van der Waals surface area contributed by atoms with Crippen molar-refractivity contribution in [2.75, 3.05) is 0 Å². The van der Waals surface area contributed by atoms with Crippen molar-refractivity contribution in [3.63, 3.8) is 0 Å². The monoisotopic (exact) mass is 290 g/mol. The Morgan fingerprint density at radius 3 is 2.75 bits per heavy atom. The molecule has 20 heavy (non-hydrogen) atoms. The molecule has 0 radical (unpaired) electrons. The molecule has 2 rings (SSSR count). The summed E-state index contributed by atoms with van der Waals surface area (Å²) in [7, 11) is 0. The quantitative estimate of drug-likeness (QED) is 0.775. The summed E-state index contributed by atoms with van der Waals surface area (Å²) in [4.78, 5) is 0. The number of rotatable bonds is 7. The van der Waals surface area contributed by atoms with Gasteiger partial charge in [-0.25, -0.2) is 0 Å². The maximum Gasteiger partial charge on any atom is 0.0409 e. The van der Waals surface area contributed by atoms with Crippen LogP contribution in [0.3, 0.4) is 0 Å². The molecule has 0 aliphatic carbocycles. The first-order chi connectivity index (χ1) is 9.74. The first kappa shape index (κ1) is 15.1. The smallest absolute Gasteiger partial charge is 0.0409 e. The summed E-state index contributed by atoms with van der Waals surface area (Å²) in [5.41, 5.74) is 2.60. The van der Waals surface area contributed by atoms with E-state index in [-0.39, 0.29) is 0 Å². The third-order valence-electron chi connectivity index (χ3n) is 3.58. The van der Waals surface area contributed by atoms with Gasteiger partial charge in [0.2, 0.25) is 0 Å². The lowest BCUT2D eigenvalue weighted by atomic mass is 10.0. The van der Waals surface area contributed by atoms with Gasteiger partial charge >= 0.3 is 0 Å². The zero-order valence-corrected chi connectivity index (χ0v) is 13.0. The van der Waals surface area contributed by atoms with Crippen molar-refractivity contribution in [3.05, 3.63) is 58.9 Å². The average molecular weight is 291 g/mol. The second kappa shape index (κ2) is 7.51. The molecular weight excluding hydrogens is 268 g/mol. The van der Waals surface area contributed by atoms with Gasteiger partial charge in [-0.2, -0.15) is 0 Å². The van der Waals surface area contributed by atoms with Crippen LogP contribution >= 0.6 is 11.6 Å². The SMILES string of the molecule is CCCn1cccc1CNC(CC)c1cccc(Cl)c1. The lowest BCUT2D eigenvalue weighted by Crippen LogP contribution is -2.21. The van der Waals surface area contributed by atoms with Crippen LogP contribution in [0, 0.1) is 0 Å². The van der Waals surface area contributed by atoms with Gasteiger partial charge in [-0.15, -0.1) is 0 Å². The number of hydrogen-bond acceptors (Lipinski definition) is 1. The predicted molar refractivity (Wildman–Crippen MR) is 86.0 cm³/mol. The first-order valence-electron chi connectivity index (χ1n) is 7.37. The van der Waals surface area contributed by atoms with Gasteiger partial charge in [-0.3, -0.25) is 0 Å². The number of nitrogens with zero attached hydrogens (tertiary/aromatic N) is 1. The van der Waals surface area contributed by atoms with Gasteiger partial charge in [0.15, 0.2) is 0 Å². The van der Waals surface area contributed by atoms with Crippen molar-refractivity contribution >= 4 is 11.6 Å². The number of aromatic nitrogens is 1. The van der Waals surface area contributed by atoms with Crippen LogP contribution in [0.5, 0.6) is 0 Å². The van der Waals surface area contributed by atoms with Crippen molar-refractivity contribution in [3.8, 4) is 0 Å². The Balaban J connectivity index is 2.02. The zero-order valence-electron chi connectivity index (χ0n) is 12.3. The highest BCUT2D eigenvalue weighted by atomic mass is 35.5. The number of nitrogens with one attached hydrogen (secondary N) is 1. The maximum atomic E-state index is 6.08. The molecule has 108 valence electrons. The van der Waals surface area contributed by atoms with Gasteiger partial charge in [0.05, 0.1) is 0 Å². The van der Waals surface area contributed by atoms with E-state index in [9.17, 15) is 0 Å². The fourth-order valence-corrected chi connectivity index (χ4v) is 2.72. The third kappa shape index (κ3) is 3.87. The Morgan fingerprint density at radius 1 is 1.20 bits per heavy atom. The van der Waals surface area contributed by atoms with E-state index >= 15 is 0 Å². The lowest BCUT2D eigenvalue weighted by Gasteiger charge is -2.18. The van der Waals surface area contributed by atoms with E-state index in [1.807, 2.05) is 18.2 Å². The lowest BCUT2D eigenvalue weighted by molar-refractivity contribution is 0.500. The van der Waals surface area contributed by atoms with Gasteiger partial charge < -0.3 is 9.88 Å². The molecule has 0 saturated carbocycles. The molecule has 1 aromatic carbocycles. The van der Waals surface area contributed by atoms with Crippen LogP contribution in [0.15, 0.2) is 42.6 Å². The van der Waals surface area contributed by atoms with Crippen LogP contribution in [-0.2, 0) is 13.1 Å². The van der Waals surface area contributed by atoms with E-state index in [1.165, 1.54) is 11.3 Å². The molecule has 0 spiro atoms. The molecule has 0 saturated heterocycles. The van der Waals surface area contributed by atoms with Crippen LogP contribution in [-0.4, -0.2) is 4.57 Å². The van der Waals surface area contributed by atoms with E-state index in [4.69, 9.17) is 11.6 Å². The maximum absolute atomic E-state index is 6.08. The zero-order chi connectivity index (χ0) is 14.4. The highest BCUT2D eigenvalue weighted by Gasteiger charge is 2.10. The van der Waals surface area contributed by atoms with Gasteiger partial charge in [0, 0.05) is 36.0 Å². The van der Waals surface area contributed by atoms with Crippen LogP contribution < -0.4 is 5.32 Å². The minimum Gasteiger partial charge on any atom is -0.350 e. The molecule has 1 aromatic heterocycles. The summed E-state index contributed by atoms with van der Waals surface area (Å²) in [6, 6.07) is 12.8. The summed E-state index contributed by atoms with van der Waals surface area (Å²) in [5.74, 6) is 0.